The first kappa shape index (κ1) is 20.4. The Labute approximate surface area is 143 Å². The van der Waals surface area contributed by atoms with Gasteiger partial charge >= 0.3 is 0 Å². The Morgan fingerprint density at radius 1 is 1.29 bits per heavy atom. The van der Waals surface area contributed by atoms with E-state index in [-0.39, 0.29) is 11.5 Å². The minimum atomic E-state index is -3.10. The number of rotatable bonds is 9. The van der Waals surface area contributed by atoms with Crippen molar-refractivity contribution in [2.75, 3.05) is 27.2 Å². The minimum absolute atomic E-state index is 0.128. The largest absolute Gasteiger partial charge is 0.494 e. The molecule has 0 aliphatic heterocycles. The number of ether oxygens (including phenoxy) is 1. The number of nitrogens with zero attached hydrogens (tertiary/aromatic N) is 1. The van der Waals surface area contributed by atoms with Crippen molar-refractivity contribution in [2.45, 2.75) is 45.1 Å². The lowest BCUT2D eigenvalue weighted by Gasteiger charge is -2.30. The summed E-state index contributed by atoms with van der Waals surface area (Å²) < 4.78 is 34.4. The molecule has 1 amide bonds. The smallest absolute Gasteiger partial charge is 0.285 e. The number of unbranched alkanes of at least 4 members (excludes halogenated alkanes) is 1. The highest BCUT2D eigenvalue weighted by atomic mass is 19.3. The average molecular weight is 342 g/mol. The summed E-state index contributed by atoms with van der Waals surface area (Å²) >= 11 is 0. The zero-order valence-corrected chi connectivity index (χ0v) is 15.2. The summed E-state index contributed by atoms with van der Waals surface area (Å²) in [6.45, 7) is 5.11. The molecule has 0 spiro atoms. The quantitative estimate of drug-likeness (QED) is 0.699. The Bertz CT molecular complexity index is 546. The van der Waals surface area contributed by atoms with Crippen LogP contribution in [0.2, 0.25) is 0 Å². The molecule has 0 radical (unpaired) electrons. The predicted octanol–water partition coefficient (Wildman–Crippen LogP) is 3.41. The normalized spacial score (nSPS) is 12.1. The van der Waals surface area contributed by atoms with Gasteiger partial charge in [-0.3, -0.25) is 10.1 Å². The van der Waals surface area contributed by atoms with Gasteiger partial charge < -0.3 is 9.64 Å². The van der Waals surface area contributed by atoms with Crippen molar-refractivity contribution < 1.29 is 18.3 Å². The fourth-order valence-electron chi connectivity index (χ4n) is 2.22. The van der Waals surface area contributed by atoms with Crippen molar-refractivity contribution in [1.29, 1.82) is 0 Å². The van der Waals surface area contributed by atoms with Gasteiger partial charge in [0, 0.05) is 19.7 Å². The third-order valence-corrected chi connectivity index (χ3v) is 3.72. The van der Waals surface area contributed by atoms with E-state index in [1.807, 2.05) is 6.92 Å². The van der Waals surface area contributed by atoms with E-state index in [4.69, 9.17) is 4.74 Å². The first-order chi connectivity index (χ1) is 11.1. The van der Waals surface area contributed by atoms with Crippen LogP contribution in [-0.2, 0) is 10.7 Å². The predicted molar refractivity (Wildman–Crippen MR) is 91.5 cm³/mol. The van der Waals surface area contributed by atoms with E-state index in [2.05, 4.69) is 5.32 Å². The first-order valence-corrected chi connectivity index (χ1v) is 8.18. The second-order valence-corrected chi connectivity index (χ2v) is 6.61. The summed E-state index contributed by atoms with van der Waals surface area (Å²) in [5.41, 5.74) is -1.19. The summed E-state index contributed by atoms with van der Waals surface area (Å²) in [7, 11) is 3.20. The van der Waals surface area contributed by atoms with Gasteiger partial charge in [-0.25, -0.2) is 0 Å². The molecule has 0 unspecified atom stereocenters. The molecule has 1 rings (SSSR count). The van der Waals surface area contributed by atoms with Gasteiger partial charge in [0.1, 0.15) is 5.75 Å². The van der Waals surface area contributed by atoms with E-state index in [1.54, 1.807) is 40.1 Å². The number of hydrogen-bond acceptors (Lipinski definition) is 3. The summed E-state index contributed by atoms with van der Waals surface area (Å²) in [6, 6.07) is 5.95. The highest BCUT2D eigenvalue weighted by molar-refractivity contribution is 5.85. The van der Waals surface area contributed by atoms with E-state index < -0.39 is 18.0 Å². The van der Waals surface area contributed by atoms with Crippen molar-refractivity contribution >= 4 is 5.91 Å². The van der Waals surface area contributed by atoms with Crippen LogP contribution in [0.4, 0.5) is 8.78 Å². The van der Waals surface area contributed by atoms with Crippen molar-refractivity contribution in [3.05, 3.63) is 29.8 Å². The summed E-state index contributed by atoms with van der Waals surface area (Å²) in [6.07, 6.45) is 1.86. The minimum Gasteiger partial charge on any atom is -0.494 e. The maximum Gasteiger partial charge on any atom is 0.285 e. The fraction of sp³-hybridized carbons (Fsp3) is 0.611. The number of benzene rings is 1. The molecule has 0 aromatic heterocycles. The van der Waals surface area contributed by atoms with Crippen molar-refractivity contribution in [1.82, 2.24) is 10.2 Å². The number of halogens is 2. The molecule has 6 heteroatoms. The van der Waals surface area contributed by atoms with Gasteiger partial charge in [0.25, 0.3) is 5.92 Å². The molecule has 0 fully saturated rings. The molecule has 1 aromatic rings. The first-order valence-electron chi connectivity index (χ1n) is 8.18. The molecule has 0 atom stereocenters. The third kappa shape index (κ3) is 5.74. The van der Waals surface area contributed by atoms with Crippen LogP contribution in [0.3, 0.4) is 0 Å². The van der Waals surface area contributed by atoms with Gasteiger partial charge in [-0.1, -0.05) is 25.5 Å². The summed E-state index contributed by atoms with van der Waals surface area (Å²) in [5.74, 6) is -2.92. The zero-order valence-electron chi connectivity index (χ0n) is 15.2. The number of likely N-dealkylation sites (N-methyl/N-ethyl adjacent to an activating group) is 1. The van der Waals surface area contributed by atoms with Crippen LogP contribution in [0.15, 0.2) is 24.3 Å². The van der Waals surface area contributed by atoms with Gasteiger partial charge in [0.2, 0.25) is 5.91 Å². The molecule has 0 saturated carbocycles. The molecule has 1 N–H and O–H groups in total. The Morgan fingerprint density at radius 3 is 2.54 bits per heavy atom. The molecule has 24 heavy (non-hydrogen) atoms. The molecule has 4 nitrogen and oxygen atoms in total. The van der Waals surface area contributed by atoms with E-state index in [1.165, 1.54) is 17.0 Å². The van der Waals surface area contributed by atoms with Crippen molar-refractivity contribution in [3.63, 3.8) is 0 Å². The SMILES string of the molecule is CCCCOc1cccc(C(F)(F)CNC(C)(C)C(=O)N(C)C)c1. The van der Waals surface area contributed by atoms with Gasteiger partial charge in [0.05, 0.1) is 18.7 Å². The van der Waals surface area contributed by atoms with Crippen LogP contribution in [0, 0.1) is 0 Å². The molecular formula is C18H28F2N2O2. The van der Waals surface area contributed by atoms with Crippen LogP contribution < -0.4 is 10.1 Å². The molecule has 0 bridgehead atoms. The second-order valence-electron chi connectivity index (χ2n) is 6.61. The fourth-order valence-corrected chi connectivity index (χ4v) is 2.22. The van der Waals surface area contributed by atoms with Gasteiger partial charge in [-0.05, 0) is 32.4 Å². The lowest BCUT2D eigenvalue weighted by Crippen LogP contribution is -2.54. The van der Waals surface area contributed by atoms with Crippen molar-refractivity contribution in [3.8, 4) is 5.75 Å². The van der Waals surface area contributed by atoms with Gasteiger partial charge in [0.15, 0.2) is 0 Å². The molecule has 136 valence electrons. The van der Waals surface area contributed by atoms with Crippen LogP contribution in [0.1, 0.15) is 39.2 Å². The Kier molecular flexibility index (Phi) is 7.14. The standard InChI is InChI=1S/C18H28F2N2O2/c1-6-7-11-24-15-10-8-9-14(12-15)18(19,20)13-21-17(2,3)16(23)22(4)5/h8-10,12,21H,6-7,11,13H2,1-5H3. The van der Waals surface area contributed by atoms with Gasteiger partial charge in [-0.2, -0.15) is 8.78 Å². The second kappa shape index (κ2) is 8.42. The number of amides is 1. The molecule has 0 heterocycles. The molecule has 0 aliphatic rings. The maximum atomic E-state index is 14.5. The van der Waals surface area contributed by atoms with Crippen LogP contribution in [0.5, 0.6) is 5.75 Å². The van der Waals surface area contributed by atoms with E-state index in [0.29, 0.717) is 12.4 Å². The topological polar surface area (TPSA) is 41.6 Å². The number of carbonyl (C=O) groups is 1. The molecule has 0 aliphatic carbocycles. The van der Waals surface area contributed by atoms with E-state index >= 15 is 0 Å². The number of nitrogens with one attached hydrogen (secondary N) is 1. The van der Waals surface area contributed by atoms with Crippen LogP contribution in [-0.4, -0.2) is 43.6 Å². The number of hydrogen-bond donors (Lipinski definition) is 1. The van der Waals surface area contributed by atoms with Gasteiger partial charge in [-0.15, -0.1) is 0 Å². The molecule has 1 aromatic carbocycles. The average Bonchev–Trinajstić information content (AvgIpc) is 2.53. The number of alkyl halides is 2. The Balaban J connectivity index is 2.77. The molecule has 0 saturated heterocycles. The maximum absolute atomic E-state index is 14.5. The monoisotopic (exact) mass is 342 g/mol. The highest BCUT2D eigenvalue weighted by Crippen LogP contribution is 2.30. The lowest BCUT2D eigenvalue weighted by atomic mass is 10.0. The summed E-state index contributed by atoms with van der Waals surface area (Å²) in [4.78, 5) is 13.4. The lowest BCUT2D eigenvalue weighted by molar-refractivity contribution is -0.135. The van der Waals surface area contributed by atoms with E-state index in [0.717, 1.165) is 12.8 Å². The van der Waals surface area contributed by atoms with E-state index in [9.17, 15) is 13.6 Å². The van der Waals surface area contributed by atoms with Crippen LogP contribution in [0.25, 0.3) is 0 Å². The highest BCUT2D eigenvalue weighted by Gasteiger charge is 2.37. The molecular weight excluding hydrogens is 314 g/mol. The number of carbonyl (C=O) groups excluding carboxylic acids is 1. The Morgan fingerprint density at radius 2 is 1.96 bits per heavy atom. The summed E-state index contributed by atoms with van der Waals surface area (Å²) in [5, 5.41) is 2.67. The Hall–Kier alpha value is -1.69. The van der Waals surface area contributed by atoms with Crippen molar-refractivity contribution in [2.24, 2.45) is 0 Å². The third-order valence-electron chi connectivity index (χ3n) is 3.72. The zero-order chi connectivity index (χ0) is 18.4. The van der Waals surface area contributed by atoms with Crippen LogP contribution >= 0.6 is 0 Å².